The van der Waals surface area contributed by atoms with Gasteiger partial charge in [-0.25, -0.2) is 9.59 Å². The average Bonchev–Trinajstić information content (AvgIpc) is 2.68. The monoisotopic (exact) mass is 263 g/mol. The molecule has 19 heavy (non-hydrogen) atoms. The Labute approximate surface area is 109 Å². The molecular formula is C13H13NO5. The van der Waals surface area contributed by atoms with Gasteiger partial charge in [0.05, 0.1) is 6.42 Å². The van der Waals surface area contributed by atoms with E-state index in [2.05, 4.69) is 10.1 Å². The molecule has 0 radical (unpaired) electrons. The quantitative estimate of drug-likeness (QED) is 0.609. The molecule has 1 amide bonds. The topological polar surface area (TPSA) is 92.7 Å². The molecule has 0 saturated carbocycles. The maximum absolute atomic E-state index is 11.5. The van der Waals surface area contributed by atoms with Crippen molar-refractivity contribution in [3.8, 4) is 0 Å². The number of cyclic esters (lactones) is 2. The molecule has 1 aliphatic rings. The van der Waals surface area contributed by atoms with Gasteiger partial charge in [0, 0.05) is 5.92 Å². The molecule has 1 fully saturated rings. The second-order valence-electron chi connectivity index (χ2n) is 4.38. The van der Waals surface area contributed by atoms with Gasteiger partial charge in [-0.2, -0.15) is 0 Å². The lowest BCUT2D eigenvalue weighted by Gasteiger charge is -2.18. The second kappa shape index (κ2) is 5.51. The van der Waals surface area contributed by atoms with E-state index in [9.17, 15) is 14.4 Å². The summed E-state index contributed by atoms with van der Waals surface area (Å²) in [7, 11) is 0. The molecule has 1 heterocycles. The van der Waals surface area contributed by atoms with Crippen LogP contribution in [0.3, 0.4) is 0 Å². The number of aliphatic carboxylic acids is 1. The van der Waals surface area contributed by atoms with E-state index in [0.29, 0.717) is 6.42 Å². The summed E-state index contributed by atoms with van der Waals surface area (Å²) in [6.45, 7) is 0. The van der Waals surface area contributed by atoms with E-state index < -0.39 is 30.0 Å². The highest BCUT2D eigenvalue weighted by Gasteiger charge is 2.39. The normalized spacial score (nSPS) is 19.7. The number of hydrogen-bond donors (Lipinski definition) is 2. The van der Waals surface area contributed by atoms with Gasteiger partial charge in [0.25, 0.3) is 0 Å². The van der Waals surface area contributed by atoms with E-state index >= 15 is 0 Å². The zero-order chi connectivity index (χ0) is 13.8. The number of esters is 1. The van der Waals surface area contributed by atoms with E-state index in [0.717, 1.165) is 5.56 Å². The van der Waals surface area contributed by atoms with Crippen LogP contribution < -0.4 is 5.32 Å². The largest absolute Gasteiger partial charge is 0.481 e. The van der Waals surface area contributed by atoms with Crippen molar-refractivity contribution in [3.63, 3.8) is 0 Å². The summed E-state index contributed by atoms with van der Waals surface area (Å²) in [5.74, 6) is -2.26. The van der Waals surface area contributed by atoms with Crippen molar-refractivity contribution in [1.29, 1.82) is 0 Å². The molecule has 1 aromatic rings. The van der Waals surface area contributed by atoms with Crippen LogP contribution in [-0.2, 0) is 20.7 Å². The number of alkyl carbamates (subject to hydrolysis) is 1. The fraction of sp³-hybridized carbons (Fsp3) is 0.308. The number of carboxylic acids is 1. The number of ether oxygens (including phenoxy) is 1. The van der Waals surface area contributed by atoms with Gasteiger partial charge in [-0.05, 0) is 12.0 Å². The summed E-state index contributed by atoms with van der Waals surface area (Å²) in [5.41, 5.74) is 0.905. The standard InChI is InChI=1S/C13H13NO5/c15-10(16)7-9(6-8-4-2-1-3-5-8)11-12(17)19-13(18)14-11/h1-5,9,11H,6-7H2,(H,14,18)(H,15,16)/t9-,11+/m1/s1. The first-order valence-corrected chi connectivity index (χ1v) is 5.84. The van der Waals surface area contributed by atoms with Crippen molar-refractivity contribution >= 4 is 18.0 Å². The number of carbonyl (C=O) groups excluding carboxylic acids is 2. The smallest absolute Gasteiger partial charge is 0.415 e. The van der Waals surface area contributed by atoms with Crippen LogP contribution in [0, 0.1) is 5.92 Å². The summed E-state index contributed by atoms with van der Waals surface area (Å²) in [6.07, 6.45) is -0.652. The third kappa shape index (κ3) is 3.31. The number of carboxylic acid groups (broad SMARTS) is 1. The Hall–Kier alpha value is -2.37. The molecule has 6 nitrogen and oxygen atoms in total. The van der Waals surface area contributed by atoms with Crippen LogP contribution in [0.25, 0.3) is 0 Å². The third-order valence-corrected chi connectivity index (χ3v) is 2.97. The lowest BCUT2D eigenvalue weighted by molar-refractivity contribution is -0.139. The molecule has 0 spiro atoms. The molecule has 1 saturated heterocycles. The van der Waals surface area contributed by atoms with Gasteiger partial charge < -0.3 is 15.2 Å². The van der Waals surface area contributed by atoms with Crippen LogP contribution in [0.15, 0.2) is 30.3 Å². The van der Waals surface area contributed by atoms with Crippen molar-refractivity contribution in [3.05, 3.63) is 35.9 Å². The molecule has 2 rings (SSSR count). The van der Waals surface area contributed by atoms with Gasteiger partial charge >= 0.3 is 18.0 Å². The van der Waals surface area contributed by atoms with Crippen molar-refractivity contribution in [2.24, 2.45) is 5.92 Å². The van der Waals surface area contributed by atoms with Crippen LogP contribution in [-0.4, -0.2) is 29.2 Å². The molecule has 0 aliphatic carbocycles. The SMILES string of the molecule is O=C(O)C[C@@H](Cc1ccccc1)[C@@H]1NC(=O)OC1=O. The van der Waals surface area contributed by atoms with Crippen molar-refractivity contribution in [1.82, 2.24) is 5.32 Å². The molecule has 2 N–H and O–H groups in total. The van der Waals surface area contributed by atoms with E-state index in [-0.39, 0.29) is 6.42 Å². The maximum Gasteiger partial charge on any atom is 0.415 e. The Kier molecular flexibility index (Phi) is 3.79. The summed E-state index contributed by atoms with van der Waals surface area (Å²) in [6, 6.07) is 8.30. The molecule has 0 bridgehead atoms. The van der Waals surface area contributed by atoms with E-state index in [1.54, 1.807) is 0 Å². The van der Waals surface area contributed by atoms with Gasteiger partial charge in [0.2, 0.25) is 0 Å². The molecule has 6 heteroatoms. The predicted octanol–water partition coefficient (Wildman–Crippen LogP) is 0.955. The second-order valence-corrected chi connectivity index (χ2v) is 4.38. The van der Waals surface area contributed by atoms with Gasteiger partial charge in [0.15, 0.2) is 0 Å². The summed E-state index contributed by atoms with van der Waals surface area (Å²) in [4.78, 5) is 33.4. The van der Waals surface area contributed by atoms with Crippen LogP contribution >= 0.6 is 0 Å². The Morgan fingerprint density at radius 1 is 1.32 bits per heavy atom. The zero-order valence-corrected chi connectivity index (χ0v) is 10.0. The highest BCUT2D eigenvalue weighted by Crippen LogP contribution is 2.20. The fourth-order valence-corrected chi connectivity index (χ4v) is 2.13. The number of hydrogen-bond acceptors (Lipinski definition) is 4. The van der Waals surface area contributed by atoms with Gasteiger partial charge in [0.1, 0.15) is 6.04 Å². The predicted molar refractivity (Wildman–Crippen MR) is 64.3 cm³/mol. The van der Waals surface area contributed by atoms with Crippen LogP contribution in [0.4, 0.5) is 4.79 Å². The molecular weight excluding hydrogens is 250 g/mol. The number of amides is 1. The van der Waals surface area contributed by atoms with Crippen molar-refractivity contribution < 1.29 is 24.2 Å². The lowest BCUT2D eigenvalue weighted by Crippen LogP contribution is -2.38. The Morgan fingerprint density at radius 3 is 2.53 bits per heavy atom. The minimum Gasteiger partial charge on any atom is -0.481 e. The first-order valence-electron chi connectivity index (χ1n) is 5.84. The van der Waals surface area contributed by atoms with E-state index in [1.165, 1.54) is 0 Å². The minimum absolute atomic E-state index is 0.213. The fourth-order valence-electron chi connectivity index (χ4n) is 2.13. The Bertz CT molecular complexity index is 499. The number of benzene rings is 1. The summed E-state index contributed by atoms with van der Waals surface area (Å²) >= 11 is 0. The van der Waals surface area contributed by atoms with Gasteiger partial charge in [-0.15, -0.1) is 0 Å². The van der Waals surface area contributed by atoms with Crippen molar-refractivity contribution in [2.75, 3.05) is 0 Å². The lowest BCUT2D eigenvalue weighted by atomic mass is 9.89. The Balaban J connectivity index is 2.14. The number of rotatable bonds is 5. The summed E-state index contributed by atoms with van der Waals surface area (Å²) in [5, 5.41) is 11.3. The Morgan fingerprint density at radius 2 is 2.00 bits per heavy atom. The van der Waals surface area contributed by atoms with Crippen LogP contribution in [0.1, 0.15) is 12.0 Å². The van der Waals surface area contributed by atoms with Crippen LogP contribution in [0.2, 0.25) is 0 Å². The maximum atomic E-state index is 11.5. The molecule has 2 atom stereocenters. The highest BCUT2D eigenvalue weighted by atomic mass is 16.6. The first-order chi connectivity index (χ1) is 9.06. The third-order valence-electron chi connectivity index (χ3n) is 2.97. The average molecular weight is 263 g/mol. The van der Waals surface area contributed by atoms with E-state index in [4.69, 9.17) is 5.11 Å². The van der Waals surface area contributed by atoms with Gasteiger partial charge in [-0.1, -0.05) is 30.3 Å². The zero-order valence-electron chi connectivity index (χ0n) is 10.0. The van der Waals surface area contributed by atoms with Crippen LogP contribution in [0.5, 0.6) is 0 Å². The summed E-state index contributed by atoms with van der Waals surface area (Å²) < 4.78 is 4.39. The van der Waals surface area contributed by atoms with Gasteiger partial charge in [-0.3, -0.25) is 4.79 Å². The van der Waals surface area contributed by atoms with Crippen molar-refractivity contribution in [2.45, 2.75) is 18.9 Å². The number of carbonyl (C=O) groups is 3. The molecule has 0 aromatic heterocycles. The molecule has 100 valence electrons. The molecule has 1 aromatic carbocycles. The highest BCUT2D eigenvalue weighted by molar-refractivity contribution is 5.95. The number of nitrogens with one attached hydrogen (secondary N) is 1. The first kappa shape index (κ1) is 13.1. The minimum atomic E-state index is -1.02. The van der Waals surface area contributed by atoms with E-state index in [1.807, 2.05) is 30.3 Å². The molecule has 0 unspecified atom stereocenters. The molecule has 1 aliphatic heterocycles.